The molecule has 3 rings (SSSR count). The number of nitrogens with zero attached hydrogens (tertiary/aromatic N) is 1. The van der Waals surface area contributed by atoms with E-state index in [9.17, 15) is 19.3 Å². The summed E-state index contributed by atoms with van der Waals surface area (Å²) in [7, 11) is 0. The monoisotopic (exact) mass is 370 g/mol. The zero-order valence-electron chi connectivity index (χ0n) is 13.8. The number of carbonyl (C=O) groups excluding carboxylic acids is 1. The highest BCUT2D eigenvalue weighted by molar-refractivity contribution is 7.10. The van der Waals surface area contributed by atoms with Gasteiger partial charge in [0.05, 0.1) is 11.0 Å². The topological polar surface area (TPSA) is 72.2 Å². The zero-order valence-corrected chi connectivity index (χ0v) is 14.6. The summed E-state index contributed by atoms with van der Waals surface area (Å²) in [6.45, 7) is 1.62. The molecule has 0 aliphatic carbocycles. The van der Waals surface area contributed by atoms with Gasteiger partial charge in [-0.1, -0.05) is 24.3 Å². The van der Waals surface area contributed by atoms with Gasteiger partial charge in [0.15, 0.2) is 0 Å². The molecule has 26 heavy (non-hydrogen) atoms. The van der Waals surface area contributed by atoms with Crippen LogP contribution < -0.4 is 5.32 Å². The van der Waals surface area contributed by atoms with E-state index in [0.29, 0.717) is 5.56 Å². The van der Waals surface area contributed by atoms with Crippen LogP contribution in [0.4, 0.5) is 10.1 Å². The predicted octanol–water partition coefficient (Wildman–Crippen LogP) is 4.62. The Balaban J connectivity index is 1.92. The molecule has 5 nitrogen and oxygen atoms in total. The summed E-state index contributed by atoms with van der Waals surface area (Å²) in [4.78, 5) is 24.1. The molecule has 1 unspecified atom stereocenters. The number of nitrogens with one attached hydrogen (secondary N) is 1. The summed E-state index contributed by atoms with van der Waals surface area (Å²) in [5, 5.41) is 15.9. The Morgan fingerprint density at radius 2 is 1.92 bits per heavy atom. The van der Waals surface area contributed by atoms with E-state index in [2.05, 4.69) is 5.32 Å². The fraction of sp³-hybridized carbons (Fsp3) is 0.105. The van der Waals surface area contributed by atoms with Crippen LogP contribution in [0.1, 0.15) is 32.4 Å². The van der Waals surface area contributed by atoms with Gasteiger partial charge in [-0.25, -0.2) is 4.39 Å². The van der Waals surface area contributed by atoms with Crippen LogP contribution in [-0.2, 0) is 0 Å². The van der Waals surface area contributed by atoms with Crippen LogP contribution in [0, 0.1) is 22.9 Å². The Labute approximate surface area is 153 Å². The molecule has 1 N–H and O–H groups in total. The molecule has 0 aliphatic heterocycles. The van der Waals surface area contributed by atoms with Crippen molar-refractivity contribution in [2.45, 2.75) is 13.0 Å². The number of carbonyl (C=O) groups is 1. The third-order valence-electron chi connectivity index (χ3n) is 3.97. The second kappa shape index (κ2) is 7.45. The van der Waals surface area contributed by atoms with Gasteiger partial charge in [0.2, 0.25) is 0 Å². The van der Waals surface area contributed by atoms with E-state index in [-0.39, 0.29) is 17.1 Å². The molecular weight excluding hydrogens is 355 g/mol. The van der Waals surface area contributed by atoms with Crippen LogP contribution in [0.25, 0.3) is 0 Å². The Bertz CT molecular complexity index is 940. The van der Waals surface area contributed by atoms with Crippen LogP contribution >= 0.6 is 11.3 Å². The summed E-state index contributed by atoms with van der Waals surface area (Å²) in [5.74, 6) is -0.796. The van der Waals surface area contributed by atoms with Gasteiger partial charge in [-0.3, -0.25) is 14.9 Å². The third-order valence-corrected chi connectivity index (χ3v) is 4.91. The lowest BCUT2D eigenvalue weighted by Gasteiger charge is -2.18. The van der Waals surface area contributed by atoms with Crippen LogP contribution in [0.15, 0.2) is 60.0 Å². The Kier molecular flexibility index (Phi) is 5.09. The smallest absolute Gasteiger partial charge is 0.273 e. The average Bonchev–Trinajstić information content (AvgIpc) is 3.15. The second-order valence-corrected chi connectivity index (χ2v) is 6.71. The first-order valence-electron chi connectivity index (χ1n) is 7.80. The SMILES string of the molecule is Cc1ccc(C(=O)NC(c2ccc(F)cc2)c2cccs2)cc1[N+](=O)[O-]. The minimum Gasteiger partial charge on any atom is -0.340 e. The maximum Gasteiger partial charge on any atom is 0.273 e. The molecule has 1 aromatic heterocycles. The van der Waals surface area contributed by atoms with Crippen LogP contribution in [-0.4, -0.2) is 10.8 Å². The van der Waals surface area contributed by atoms with Crippen LogP contribution in [0.3, 0.4) is 0 Å². The Morgan fingerprint density at radius 3 is 2.54 bits per heavy atom. The number of rotatable bonds is 5. The van der Waals surface area contributed by atoms with Crippen molar-refractivity contribution in [2.24, 2.45) is 0 Å². The molecule has 0 bridgehead atoms. The molecule has 0 saturated carbocycles. The third kappa shape index (κ3) is 3.78. The highest BCUT2D eigenvalue weighted by Crippen LogP contribution is 2.27. The second-order valence-electron chi connectivity index (χ2n) is 5.73. The van der Waals surface area contributed by atoms with Crippen molar-refractivity contribution in [3.8, 4) is 0 Å². The Morgan fingerprint density at radius 1 is 1.19 bits per heavy atom. The molecule has 132 valence electrons. The number of nitro groups is 1. The molecule has 0 spiro atoms. The van der Waals surface area contributed by atoms with Crippen molar-refractivity contribution in [1.82, 2.24) is 5.32 Å². The van der Waals surface area contributed by atoms with Gasteiger partial charge in [0.1, 0.15) is 5.82 Å². The highest BCUT2D eigenvalue weighted by Gasteiger charge is 2.21. The number of aryl methyl sites for hydroxylation is 1. The van der Waals surface area contributed by atoms with Gasteiger partial charge in [-0.2, -0.15) is 0 Å². The minimum absolute atomic E-state index is 0.105. The lowest BCUT2D eigenvalue weighted by molar-refractivity contribution is -0.385. The van der Waals surface area contributed by atoms with Crippen molar-refractivity contribution in [3.63, 3.8) is 0 Å². The van der Waals surface area contributed by atoms with E-state index < -0.39 is 16.9 Å². The summed E-state index contributed by atoms with van der Waals surface area (Å²) >= 11 is 1.46. The fourth-order valence-corrected chi connectivity index (χ4v) is 3.39. The maximum absolute atomic E-state index is 13.2. The number of hydrogen-bond acceptors (Lipinski definition) is 4. The van der Waals surface area contributed by atoms with E-state index in [1.165, 1.54) is 29.5 Å². The van der Waals surface area contributed by atoms with Gasteiger partial charge in [0.25, 0.3) is 11.6 Å². The van der Waals surface area contributed by atoms with Crippen molar-refractivity contribution in [3.05, 3.63) is 97.5 Å². The van der Waals surface area contributed by atoms with E-state index in [1.807, 2.05) is 17.5 Å². The van der Waals surface area contributed by atoms with Crippen molar-refractivity contribution in [2.75, 3.05) is 0 Å². The van der Waals surface area contributed by atoms with Crippen LogP contribution in [0.2, 0.25) is 0 Å². The number of halogens is 1. The first-order valence-corrected chi connectivity index (χ1v) is 8.68. The highest BCUT2D eigenvalue weighted by atomic mass is 32.1. The van der Waals surface area contributed by atoms with Gasteiger partial charge in [-0.05, 0) is 42.1 Å². The zero-order chi connectivity index (χ0) is 18.7. The molecule has 2 aromatic carbocycles. The minimum atomic E-state index is -0.511. The van der Waals surface area contributed by atoms with E-state index in [4.69, 9.17) is 0 Å². The molecule has 1 atom stereocenters. The summed E-state index contributed by atoms with van der Waals surface area (Å²) < 4.78 is 13.2. The molecule has 1 heterocycles. The molecule has 0 saturated heterocycles. The van der Waals surface area contributed by atoms with E-state index in [1.54, 1.807) is 31.2 Å². The number of thiophene rings is 1. The van der Waals surface area contributed by atoms with E-state index in [0.717, 1.165) is 10.4 Å². The molecule has 0 fully saturated rings. The lowest BCUT2D eigenvalue weighted by Crippen LogP contribution is -2.28. The molecule has 3 aromatic rings. The summed E-state index contributed by atoms with van der Waals surface area (Å²) in [6, 6.07) is 13.5. The van der Waals surface area contributed by atoms with Gasteiger partial charge in [0, 0.05) is 22.1 Å². The average molecular weight is 370 g/mol. The molecule has 7 heteroatoms. The molecule has 0 radical (unpaired) electrons. The first-order chi connectivity index (χ1) is 12.5. The normalized spacial score (nSPS) is 11.8. The quantitative estimate of drug-likeness (QED) is 0.526. The van der Waals surface area contributed by atoms with Gasteiger partial charge < -0.3 is 5.32 Å². The predicted molar refractivity (Wildman–Crippen MR) is 97.9 cm³/mol. The first kappa shape index (κ1) is 17.8. The Hall–Kier alpha value is -3.06. The van der Waals surface area contributed by atoms with E-state index >= 15 is 0 Å². The summed E-state index contributed by atoms with van der Waals surface area (Å²) in [5.41, 5.74) is 1.31. The van der Waals surface area contributed by atoms with Crippen LogP contribution in [0.5, 0.6) is 0 Å². The fourth-order valence-electron chi connectivity index (χ4n) is 2.59. The van der Waals surface area contributed by atoms with Gasteiger partial charge in [-0.15, -0.1) is 11.3 Å². The maximum atomic E-state index is 13.2. The summed E-state index contributed by atoms with van der Waals surface area (Å²) in [6.07, 6.45) is 0. The standard InChI is InChI=1S/C19H15FN2O3S/c1-12-4-5-14(11-16(12)22(24)25)19(23)21-18(17-3-2-10-26-17)13-6-8-15(20)9-7-13/h2-11,18H,1H3,(H,21,23). The van der Waals surface area contributed by atoms with Crippen molar-refractivity contribution >= 4 is 22.9 Å². The molecular formula is C19H15FN2O3S. The number of nitro benzene ring substituents is 1. The number of amides is 1. The number of benzene rings is 2. The van der Waals surface area contributed by atoms with Gasteiger partial charge >= 0.3 is 0 Å². The molecule has 1 amide bonds. The number of hydrogen-bond donors (Lipinski definition) is 1. The van der Waals surface area contributed by atoms with Crippen molar-refractivity contribution < 1.29 is 14.1 Å². The lowest BCUT2D eigenvalue weighted by atomic mass is 10.0. The molecule has 0 aliphatic rings. The van der Waals surface area contributed by atoms with Crippen molar-refractivity contribution in [1.29, 1.82) is 0 Å². The largest absolute Gasteiger partial charge is 0.340 e.